The number of benzene rings is 1. The Kier molecular flexibility index (Phi) is 4.70. The Morgan fingerprint density at radius 3 is 2.52 bits per heavy atom. The quantitative estimate of drug-likeness (QED) is 0.898. The standard InChI is InChI=1S/C16H16F3N3O2S/c17-16(18,19)13-5-1-2-6-14(13)25(23,24)21-12-8-10-22(11-12)15-7-3-4-9-20-15/h1-7,9,12,21H,8,10-11H2. The van der Waals surface area contributed by atoms with Crippen molar-refractivity contribution >= 4 is 15.8 Å². The minimum absolute atomic E-state index is 0.352. The number of nitrogens with one attached hydrogen (secondary N) is 1. The van der Waals surface area contributed by atoms with Crippen LogP contribution in [-0.4, -0.2) is 32.5 Å². The van der Waals surface area contributed by atoms with Crippen molar-refractivity contribution in [3.05, 3.63) is 54.2 Å². The van der Waals surface area contributed by atoms with Crippen molar-refractivity contribution in [3.63, 3.8) is 0 Å². The highest BCUT2D eigenvalue weighted by Gasteiger charge is 2.38. The molecule has 1 fully saturated rings. The Bertz CT molecular complexity index is 841. The molecule has 2 aromatic rings. The number of alkyl halides is 3. The van der Waals surface area contributed by atoms with E-state index in [-0.39, 0.29) is 0 Å². The normalized spacial score (nSPS) is 18.5. The molecule has 1 saturated heterocycles. The molecule has 1 atom stereocenters. The van der Waals surface area contributed by atoms with Gasteiger partial charge in [0.15, 0.2) is 0 Å². The van der Waals surface area contributed by atoms with Crippen LogP contribution >= 0.6 is 0 Å². The molecule has 1 aliphatic rings. The molecule has 3 rings (SSSR count). The van der Waals surface area contributed by atoms with E-state index in [1.807, 2.05) is 11.0 Å². The van der Waals surface area contributed by atoms with Crippen molar-refractivity contribution in [2.45, 2.75) is 23.5 Å². The molecule has 2 heterocycles. The second-order valence-corrected chi connectivity index (χ2v) is 7.42. The van der Waals surface area contributed by atoms with Crippen molar-refractivity contribution in [1.29, 1.82) is 0 Å². The highest BCUT2D eigenvalue weighted by molar-refractivity contribution is 7.89. The SMILES string of the molecule is O=S(=O)(NC1CCN(c2ccccn2)C1)c1ccccc1C(F)(F)F. The maximum absolute atomic E-state index is 13.1. The number of halogens is 3. The molecule has 25 heavy (non-hydrogen) atoms. The Labute approximate surface area is 143 Å². The van der Waals surface area contributed by atoms with Gasteiger partial charge in [-0.15, -0.1) is 0 Å². The van der Waals surface area contributed by atoms with Crippen LogP contribution in [0, 0.1) is 0 Å². The second kappa shape index (κ2) is 6.64. The first-order valence-corrected chi connectivity index (χ1v) is 9.10. The fourth-order valence-electron chi connectivity index (χ4n) is 2.82. The van der Waals surface area contributed by atoms with Gasteiger partial charge in [-0.2, -0.15) is 13.2 Å². The summed E-state index contributed by atoms with van der Waals surface area (Å²) in [6.07, 6.45) is -2.61. The van der Waals surface area contributed by atoms with Crippen LogP contribution in [0.1, 0.15) is 12.0 Å². The van der Waals surface area contributed by atoms with Crippen molar-refractivity contribution in [2.75, 3.05) is 18.0 Å². The van der Waals surface area contributed by atoms with Crippen molar-refractivity contribution < 1.29 is 21.6 Å². The lowest BCUT2D eigenvalue weighted by Gasteiger charge is -2.19. The predicted octanol–water partition coefficient (Wildman–Crippen LogP) is 2.66. The van der Waals surface area contributed by atoms with E-state index >= 15 is 0 Å². The zero-order valence-electron chi connectivity index (χ0n) is 13.1. The smallest absolute Gasteiger partial charge is 0.355 e. The average Bonchev–Trinajstić information content (AvgIpc) is 3.03. The van der Waals surface area contributed by atoms with Crippen LogP contribution in [0.3, 0.4) is 0 Å². The Morgan fingerprint density at radius 1 is 1.12 bits per heavy atom. The average molecular weight is 371 g/mol. The Balaban J connectivity index is 1.78. The van der Waals surface area contributed by atoms with Crippen LogP contribution in [0.15, 0.2) is 53.6 Å². The maximum Gasteiger partial charge on any atom is 0.417 e. The number of hydrogen-bond acceptors (Lipinski definition) is 4. The van der Waals surface area contributed by atoms with Crippen molar-refractivity contribution in [3.8, 4) is 0 Å². The van der Waals surface area contributed by atoms with Crippen LogP contribution in [0.2, 0.25) is 0 Å². The molecule has 0 radical (unpaired) electrons. The number of anilines is 1. The summed E-state index contributed by atoms with van der Waals surface area (Å²) < 4.78 is 66.5. The lowest BCUT2D eigenvalue weighted by Crippen LogP contribution is -2.38. The van der Waals surface area contributed by atoms with Gasteiger partial charge in [0.1, 0.15) is 5.82 Å². The zero-order valence-corrected chi connectivity index (χ0v) is 13.9. The number of rotatable bonds is 4. The van der Waals surface area contributed by atoms with Crippen LogP contribution in [0.25, 0.3) is 0 Å². The summed E-state index contributed by atoms with van der Waals surface area (Å²) in [5, 5.41) is 0. The van der Waals surface area contributed by atoms with E-state index in [0.29, 0.717) is 25.3 Å². The van der Waals surface area contributed by atoms with Gasteiger partial charge in [0, 0.05) is 25.3 Å². The van der Waals surface area contributed by atoms with E-state index in [0.717, 1.165) is 12.1 Å². The summed E-state index contributed by atoms with van der Waals surface area (Å²) in [5.74, 6) is 0.708. The predicted molar refractivity (Wildman–Crippen MR) is 86.6 cm³/mol. The maximum atomic E-state index is 13.1. The Hall–Kier alpha value is -2.13. The fourth-order valence-corrected chi connectivity index (χ4v) is 4.31. The number of hydrogen-bond donors (Lipinski definition) is 1. The van der Waals surface area contributed by atoms with Gasteiger partial charge in [0.25, 0.3) is 0 Å². The van der Waals surface area contributed by atoms with Gasteiger partial charge in [0.2, 0.25) is 10.0 Å². The molecule has 1 unspecified atom stereocenters. The van der Waals surface area contributed by atoms with E-state index in [2.05, 4.69) is 9.71 Å². The third kappa shape index (κ3) is 3.93. The van der Waals surface area contributed by atoms with E-state index in [1.165, 1.54) is 12.1 Å². The monoisotopic (exact) mass is 371 g/mol. The molecule has 0 aliphatic carbocycles. The largest absolute Gasteiger partial charge is 0.417 e. The first kappa shape index (κ1) is 17.7. The molecule has 1 aromatic heterocycles. The molecule has 9 heteroatoms. The van der Waals surface area contributed by atoms with E-state index < -0.39 is 32.7 Å². The fraction of sp³-hybridized carbons (Fsp3) is 0.312. The van der Waals surface area contributed by atoms with Crippen LogP contribution < -0.4 is 9.62 Å². The lowest BCUT2D eigenvalue weighted by atomic mass is 10.2. The highest BCUT2D eigenvalue weighted by atomic mass is 32.2. The summed E-state index contributed by atoms with van der Waals surface area (Å²) in [6.45, 7) is 0.926. The number of aromatic nitrogens is 1. The van der Waals surface area contributed by atoms with Gasteiger partial charge in [-0.1, -0.05) is 18.2 Å². The summed E-state index contributed by atoms with van der Waals surface area (Å²) in [7, 11) is -4.28. The lowest BCUT2D eigenvalue weighted by molar-refractivity contribution is -0.139. The minimum Gasteiger partial charge on any atom is -0.355 e. The molecular formula is C16H16F3N3O2S. The number of nitrogens with zero attached hydrogens (tertiary/aromatic N) is 2. The molecule has 0 saturated carbocycles. The third-order valence-electron chi connectivity index (χ3n) is 3.97. The van der Waals surface area contributed by atoms with Crippen molar-refractivity contribution in [1.82, 2.24) is 9.71 Å². The van der Waals surface area contributed by atoms with Crippen molar-refractivity contribution in [2.24, 2.45) is 0 Å². The van der Waals surface area contributed by atoms with E-state index in [9.17, 15) is 21.6 Å². The van der Waals surface area contributed by atoms with E-state index in [1.54, 1.807) is 18.3 Å². The molecule has 1 N–H and O–H groups in total. The van der Waals surface area contributed by atoms with Gasteiger partial charge >= 0.3 is 6.18 Å². The topological polar surface area (TPSA) is 62.3 Å². The highest BCUT2D eigenvalue weighted by Crippen LogP contribution is 2.34. The minimum atomic E-state index is -4.74. The molecule has 0 amide bonds. The summed E-state index contributed by atoms with van der Waals surface area (Å²) in [4.78, 5) is 5.34. The molecule has 1 aromatic carbocycles. The molecule has 0 spiro atoms. The number of sulfonamides is 1. The number of pyridine rings is 1. The van der Waals surface area contributed by atoms with Gasteiger partial charge < -0.3 is 4.90 Å². The third-order valence-corrected chi connectivity index (χ3v) is 5.54. The van der Waals surface area contributed by atoms with Gasteiger partial charge in [-0.25, -0.2) is 18.1 Å². The summed E-state index contributed by atoms with van der Waals surface area (Å²) >= 11 is 0. The van der Waals surface area contributed by atoms with Gasteiger partial charge in [-0.3, -0.25) is 0 Å². The molecule has 1 aliphatic heterocycles. The first-order valence-electron chi connectivity index (χ1n) is 7.62. The van der Waals surface area contributed by atoms with Gasteiger partial charge in [0.05, 0.1) is 10.5 Å². The Morgan fingerprint density at radius 2 is 1.84 bits per heavy atom. The van der Waals surface area contributed by atoms with E-state index in [4.69, 9.17) is 0 Å². The summed E-state index contributed by atoms with van der Waals surface area (Å²) in [6, 6.07) is 9.09. The summed E-state index contributed by atoms with van der Waals surface area (Å²) in [5.41, 5.74) is -1.16. The van der Waals surface area contributed by atoms with Crippen LogP contribution in [0.5, 0.6) is 0 Å². The molecule has 5 nitrogen and oxygen atoms in total. The zero-order chi connectivity index (χ0) is 18.1. The van der Waals surface area contributed by atoms with Crippen LogP contribution in [0.4, 0.5) is 19.0 Å². The molecule has 0 bridgehead atoms. The molecule has 134 valence electrons. The second-order valence-electron chi connectivity index (χ2n) is 5.73. The molecular weight excluding hydrogens is 355 g/mol. The first-order chi connectivity index (χ1) is 11.8. The van der Waals surface area contributed by atoms with Gasteiger partial charge in [-0.05, 0) is 30.7 Å². The van der Waals surface area contributed by atoms with Crippen LogP contribution in [-0.2, 0) is 16.2 Å².